The molecule has 0 radical (unpaired) electrons. The van der Waals surface area contributed by atoms with Gasteiger partial charge in [0.2, 0.25) is 11.8 Å². The third kappa shape index (κ3) is 5.05. The number of amides is 1. The number of aryl methyl sites for hydroxylation is 1. The number of pyridine rings is 1. The van der Waals surface area contributed by atoms with Crippen molar-refractivity contribution in [2.45, 2.75) is 25.9 Å². The van der Waals surface area contributed by atoms with Crippen LogP contribution in [0.4, 0.5) is 6.01 Å². The van der Waals surface area contributed by atoms with E-state index in [-0.39, 0.29) is 37.3 Å². The minimum Gasteiger partial charge on any atom is -0.406 e. The minimum atomic E-state index is -0.110. The zero-order valence-electron chi connectivity index (χ0n) is 14.9. The molecular formula is C19H17ClN6O2. The lowest BCUT2D eigenvalue weighted by Gasteiger charge is -2.21. The Morgan fingerprint density at radius 1 is 1.21 bits per heavy atom. The lowest BCUT2D eigenvalue weighted by atomic mass is 10.1. The second-order valence-electron chi connectivity index (χ2n) is 6.04. The van der Waals surface area contributed by atoms with Crippen molar-refractivity contribution in [3.63, 3.8) is 0 Å². The van der Waals surface area contributed by atoms with Gasteiger partial charge in [0, 0.05) is 24.2 Å². The Morgan fingerprint density at radius 2 is 2.04 bits per heavy atom. The summed E-state index contributed by atoms with van der Waals surface area (Å²) < 4.78 is 5.20. The molecule has 142 valence electrons. The van der Waals surface area contributed by atoms with Gasteiger partial charge in [-0.25, -0.2) is 4.98 Å². The van der Waals surface area contributed by atoms with Crippen molar-refractivity contribution in [3.8, 4) is 6.07 Å². The number of benzene rings is 1. The Morgan fingerprint density at radius 3 is 2.68 bits per heavy atom. The molecule has 1 amide bonds. The summed E-state index contributed by atoms with van der Waals surface area (Å²) in [6, 6.07) is 12.7. The number of carbonyl (C=O) groups excluding carboxylic acids is 1. The molecule has 0 atom stereocenters. The second kappa shape index (κ2) is 8.97. The first-order chi connectivity index (χ1) is 13.5. The van der Waals surface area contributed by atoms with Crippen LogP contribution >= 0.6 is 11.6 Å². The van der Waals surface area contributed by atoms with E-state index in [1.54, 1.807) is 29.3 Å². The van der Waals surface area contributed by atoms with Crippen LogP contribution in [0, 0.1) is 11.3 Å². The third-order valence-electron chi connectivity index (χ3n) is 4.04. The van der Waals surface area contributed by atoms with E-state index in [1.807, 2.05) is 24.3 Å². The average molecular weight is 397 g/mol. The molecule has 1 aromatic carbocycles. The fraction of sp³-hybridized carbons (Fsp3) is 0.211. The number of aromatic nitrogens is 3. The third-order valence-corrected chi connectivity index (χ3v) is 4.41. The van der Waals surface area contributed by atoms with Crippen molar-refractivity contribution in [1.82, 2.24) is 20.1 Å². The molecule has 3 rings (SSSR count). The lowest BCUT2D eigenvalue weighted by Crippen LogP contribution is -2.30. The maximum Gasteiger partial charge on any atom is 0.312 e. The van der Waals surface area contributed by atoms with E-state index in [9.17, 15) is 4.79 Å². The number of halogens is 1. The van der Waals surface area contributed by atoms with Gasteiger partial charge in [0.1, 0.15) is 11.8 Å². The van der Waals surface area contributed by atoms with E-state index < -0.39 is 0 Å². The molecule has 3 aromatic rings. The van der Waals surface area contributed by atoms with E-state index >= 15 is 0 Å². The molecule has 2 heterocycles. The topological polar surface area (TPSA) is 122 Å². The van der Waals surface area contributed by atoms with Crippen molar-refractivity contribution in [2.75, 3.05) is 5.73 Å². The molecule has 8 nitrogen and oxygen atoms in total. The van der Waals surface area contributed by atoms with Gasteiger partial charge in [-0.2, -0.15) is 5.26 Å². The fourth-order valence-corrected chi connectivity index (χ4v) is 2.86. The summed E-state index contributed by atoms with van der Waals surface area (Å²) in [6.07, 6.45) is 2.33. The van der Waals surface area contributed by atoms with E-state index in [0.29, 0.717) is 17.1 Å². The van der Waals surface area contributed by atoms with E-state index in [0.717, 1.165) is 11.1 Å². The maximum atomic E-state index is 12.9. The Kier molecular flexibility index (Phi) is 6.19. The maximum absolute atomic E-state index is 12.9. The molecule has 0 unspecified atom stereocenters. The van der Waals surface area contributed by atoms with Crippen LogP contribution in [0.15, 0.2) is 47.0 Å². The van der Waals surface area contributed by atoms with Gasteiger partial charge in [-0.3, -0.25) is 4.79 Å². The summed E-state index contributed by atoms with van der Waals surface area (Å²) in [6.45, 7) is 0.397. The van der Waals surface area contributed by atoms with Crippen LogP contribution in [0.1, 0.15) is 29.1 Å². The molecule has 0 aliphatic carbocycles. The van der Waals surface area contributed by atoms with E-state index in [2.05, 4.69) is 15.2 Å². The number of nitrogens with two attached hydrogens (primary N) is 1. The van der Waals surface area contributed by atoms with Crippen LogP contribution in [0.2, 0.25) is 5.02 Å². The van der Waals surface area contributed by atoms with Gasteiger partial charge >= 0.3 is 6.01 Å². The molecule has 2 aromatic heterocycles. The summed E-state index contributed by atoms with van der Waals surface area (Å²) in [5.74, 6) is 0.131. The van der Waals surface area contributed by atoms with Crippen LogP contribution in [0.25, 0.3) is 0 Å². The van der Waals surface area contributed by atoms with Gasteiger partial charge in [0.25, 0.3) is 0 Å². The van der Waals surface area contributed by atoms with Crippen molar-refractivity contribution in [3.05, 3.63) is 70.3 Å². The highest BCUT2D eigenvalue weighted by Crippen LogP contribution is 2.18. The highest BCUT2D eigenvalue weighted by molar-refractivity contribution is 6.31. The fourth-order valence-electron chi connectivity index (χ4n) is 2.63. The number of nitrogens with zero attached hydrogens (tertiary/aromatic N) is 5. The van der Waals surface area contributed by atoms with Crippen LogP contribution in [-0.2, 0) is 24.3 Å². The summed E-state index contributed by atoms with van der Waals surface area (Å²) in [4.78, 5) is 18.5. The number of hydrogen-bond donors (Lipinski definition) is 1. The molecule has 0 fully saturated rings. The molecule has 9 heteroatoms. The number of nitriles is 1. The van der Waals surface area contributed by atoms with Gasteiger partial charge in [-0.1, -0.05) is 41.0 Å². The Labute approximate surface area is 166 Å². The van der Waals surface area contributed by atoms with E-state index in [4.69, 9.17) is 27.0 Å². The molecule has 28 heavy (non-hydrogen) atoms. The first kappa shape index (κ1) is 19.3. The molecule has 0 saturated heterocycles. The van der Waals surface area contributed by atoms with Crippen molar-refractivity contribution >= 4 is 23.5 Å². The number of rotatable bonds is 7. The van der Waals surface area contributed by atoms with Gasteiger partial charge < -0.3 is 15.1 Å². The van der Waals surface area contributed by atoms with Crippen LogP contribution in [0.3, 0.4) is 0 Å². The Hall–Kier alpha value is -3.44. The summed E-state index contributed by atoms with van der Waals surface area (Å²) in [7, 11) is 0. The predicted molar refractivity (Wildman–Crippen MR) is 102 cm³/mol. The highest BCUT2D eigenvalue weighted by atomic mass is 35.5. The SMILES string of the molecule is N#Cc1ccc(CN(Cc2nnc(N)o2)C(=O)CCc2ccccc2Cl)cn1. The van der Waals surface area contributed by atoms with Gasteiger partial charge in [-0.05, 0) is 29.7 Å². The molecule has 0 bridgehead atoms. The van der Waals surface area contributed by atoms with Crippen LogP contribution in [0.5, 0.6) is 0 Å². The lowest BCUT2D eigenvalue weighted by molar-refractivity contribution is -0.132. The van der Waals surface area contributed by atoms with Crippen molar-refractivity contribution in [1.29, 1.82) is 5.26 Å². The number of nitrogen functional groups attached to an aromatic ring is 1. The van der Waals surface area contributed by atoms with E-state index in [1.165, 1.54) is 0 Å². The smallest absolute Gasteiger partial charge is 0.312 e. The summed E-state index contributed by atoms with van der Waals surface area (Å²) >= 11 is 6.17. The van der Waals surface area contributed by atoms with Crippen LogP contribution in [-0.4, -0.2) is 26.0 Å². The standard InChI is InChI=1S/C19H17ClN6O2/c20-16-4-2-1-3-14(16)6-8-18(27)26(12-17-24-25-19(22)28-17)11-13-5-7-15(9-21)23-10-13/h1-5,7,10H,6,8,11-12H2,(H2,22,25). The predicted octanol–water partition coefficient (Wildman–Crippen LogP) is 2.73. The molecule has 0 spiro atoms. The number of hydrogen-bond acceptors (Lipinski definition) is 7. The van der Waals surface area contributed by atoms with Gasteiger partial charge in [-0.15, -0.1) is 5.10 Å². The second-order valence-corrected chi connectivity index (χ2v) is 6.45. The first-order valence-corrected chi connectivity index (χ1v) is 8.87. The minimum absolute atomic E-state index is 0.0569. The zero-order chi connectivity index (χ0) is 19.9. The van der Waals surface area contributed by atoms with Crippen molar-refractivity contribution in [2.24, 2.45) is 0 Å². The normalized spacial score (nSPS) is 10.4. The average Bonchev–Trinajstić information content (AvgIpc) is 3.12. The number of anilines is 1. The summed E-state index contributed by atoms with van der Waals surface area (Å²) in [5, 5.41) is 16.9. The first-order valence-electron chi connectivity index (χ1n) is 8.49. The summed E-state index contributed by atoms with van der Waals surface area (Å²) in [5.41, 5.74) is 7.46. The monoisotopic (exact) mass is 396 g/mol. The number of carbonyl (C=O) groups is 1. The highest BCUT2D eigenvalue weighted by Gasteiger charge is 2.18. The quantitative estimate of drug-likeness (QED) is 0.651. The largest absolute Gasteiger partial charge is 0.406 e. The Bertz CT molecular complexity index is 996. The van der Waals surface area contributed by atoms with Gasteiger partial charge in [0.15, 0.2) is 0 Å². The molecule has 0 aliphatic rings. The van der Waals surface area contributed by atoms with Gasteiger partial charge in [0.05, 0.1) is 6.54 Å². The Balaban J connectivity index is 1.73. The molecular weight excluding hydrogens is 380 g/mol. The molecule has 0 aliphatic heterocycles. The molecule has 2 N–H and O–H groups in total. The molecule has 0 saturated carbocycles. The zero-order valence-corrected chi connectivity index (χ0v) is 15.6. The van der Waals surface area contributed by atoms with Crippen LogP contribution < -0.4 is 5.73 Å². The van der Waals surface area contributed by atoms with Crippen molar-refractivity contribution < 1.29 is 9.21 Å².